The Bertz CT molecular complexity index is 1460. The number of hydrogen-bond acceptors (Lipinski definition) is 8. The van der Waals surface area contributed by atoms with Crippen molar-refractivity contribution in [2.24, 2.45) is 17.3 Å². The standard InChI is InChI=1S/C23H19N7O3S/c1-13-3-8-16-17(11-13)34-21(25-16)14-4-6-15(7-5-14)27-28-19-20(31)26-23(33)30(22(19)32)12-18-24-9-10-29(18)2/h3-11,19H,12H2,1-2H3,(H,26,31,33). The van der Waals surface area contributed by atoms with Crippen LogP contribution in [0.2, 0.25) is 0 Å². The molecule has 34 heavy (non-hydrogen) atoms. The molecule has 1 aliphatic heterocycles. The summed E-state index contributed by atoms with van der Waals surface area (Å²) in [5.41, 5.74) is 3.52. The van der Waals surface area contributed by atoms with E-state index in [1.165, 1.54) is 5.56 Å². The first-order chi connectivity index (χ1) is 16.4. The zero-order valence-electron chi connectivity index (χ0n) is 18.3. The van der Waals surface area contributed by atoms with Gasteiger partial charge in [-0.05, 0) is 48.9 Å². The van der Waals surface area contributed by atoms with Crippen LogP contribution in [-0.2, 0) is 23.2 Å². The Morgan fingerprint density at radius 3 is 2.65 bits per heavy atom. The number of azo groups is 1. The fourth-order valence-corrected chi connectivity index (χ4v) is 4.56. The van der Waals surface area contributed by atoms with Crippen LogP contribution in [0, 0.1) is 6.92 Å². The van der Waals surface area contributed by atoms with E-state index in [-0.39, 0.29) is 6.54 Å². The summed E-state index contributed by atoms with van der Waals surface area (Å²) in [6.45, 7) is 1.97. The van der Waals surface area contributed by atoms with Crippen molar-refractivity contribution >= 4 is 45.1 Å². The number of nitrogens with zero attached hydrogens (tertiary/aromatic N) is 6. The molecule has 1 aliphatic rings. The lowest BCUT2D eigenvalue weighted by molar-refractivity contribution is -0.138. The minimum atomic E-state index is -1.45. The van der Waals surface area contributed by atoms with Crippen molar-refractivity contribution in [3.8, 4) is 10.6 Å². The van der Waals surface area contributed by atoms with Crippen molar-refractivity contribution in [1.82, 2.24) is 24.8 Å². The van der Waals surface area contributed by atoms with E-state index in [9.17, 15) is 14.4 Å². The molecule has 1 N–H and O–H groups in total. The third-order valence-electron chi connectivity index (χ3n) is 5.39. The number of urea groups is 1. The fourth-order valence-electron chi connectivity index (χ4n) is 3.49. The summed E-state index contributed by atoms with van der Waals surface area (Å²) in [4.78, 5) is 46.9. The number of benzene rings is 2. The Morgan fingerprint density at radius 1 is 1.12 bits per heavy atom. The second kappa shape index (κ2) is 8.60. The van der Waals surface area contributed by atoms with Gasteiger partial charge in [0.05, 0.1) is 22.4 Å². The van der Waals surface area contributed by atoms with E-state index in [1.807, 2.05) is 31.2 Å². The summed E-state index contributed by atoms with van der Waals surface area (Å²) in [6, 6.07) is 11.1. The van der Waals surface area contributed by atoms with Gasteiger partial charge < -0.3 is 4.57 Å². The van der Waals surface area contributed by atoms with E-state index in [1.54, 1.807) is 47.5 Å². The number of amides is 4. The van der Waals surface area contributed by atoms with Gasteiger partial charge in [-0.25, -0.2) is 14.8 Å². The van der Waals surface area contributed by atoms with Gasteiger partial charge >= 0.3 is 6.03 Å². The number of carbonyl (C=O) groups is 3. The molecule has 2 aromatic carbocycles. The van der Waals surface area contributed by atoms with E-state index in [0.29, 0.717) is 11.5 Å². The molecule has 5 rings (SSSR count). The molecule has 1 atom stereocenters. The topological polar surface area (TPSA) is 122 Å². The number of thiazole rings is 1. The maximum atomic E-state index is 12.8. The zero-order valence-corrected chi connectivity index (χ0v) is 19.1. The molecule has 1 fully saturated rings. The van der Waals surface area contributed by atoms with Gasteiger partial charge in [0.25, 0.3) is 11.8 Å². The van der Waals surface area contributed by atoms with E-state index in [0.717, 1.165) is 25.7 Å². The van der Waals surface area contributed by atoms with Crippen LogP contribution in [0.1, 0.15) is 11.4 Å². The highest BCUT2D eigenvalue weighted by Gasteiger charge is 2.41. The molecular weight excluding hydrogens is 454 g/mol. The third kappa shape index (κ3) is 4.08. The Morgan fingerprint density at radius 2 is 1.91 bits per heavy atom. The average Bonchev–Trinajstić information content (AvgIpc) is 3.42. The molecule has 4 amide bonds. The number of aryl methyl sites for hydroxylation is 2. The number of nitrogens with one attached hydrogen (secondary N) is 1. The number of carbonyl (C=O) groups excluding carboxylic acids is 3. The van der Waals surface area contributed by atoms with Crippen LogP contribution in [0.4, 0.5) is 10.5 Å². The molecule has 10 nitrogen and oxygen atoms in total. The summed E-state index contributed by atoms with van der Waals surface area (Å²) < 4.78 is 2.80. The second-order valence-electron chi connectivity index (χ2n) is 7.83. The van der Waals surface area contributed by atoms with Gasteiger partial charge in [-0.15, -0.1) is 11.3 Å². The second-order valence-corrected chi connectivity index (χ2v) is 8.86. The van der Waals surface area contributed by atoms with Gasteiger partial charge in [0, 0.05) is 25.0 Å². The van der Waals surface area contributed by atoms with Gasteiger partial charge in [0.1, 0.15) is 10.8 Å². The number of fused-ring (bicyclic) bond motifs is 1. The molecule has 0 bridgehead atoms. The summed E-state index contributed by atoms with van der Waals surface area (Å²) in [7, 11) is 1.75. The van der Waals surface area contributed by atoms with Gasteiger partial charge in [0.15, 0.2) is 0 Å². The minimum Gasteiger partial charge on any atom is -0.337 e. The quantitative estimate of drug-likeness (QED) is 0.350. The van der Waals surface area contributed by atoms with Crippen LogP contribution in [0.3, 0.4) is 0 Å². The van der Waals surface area contributed by atoms with Crippen LogP contribution in [-0.4, -0.2) is 43.3 Å². The van der Waals surface area contributed by atoms with Crippen molar-refractivity contribution in [2.45, 2.75) is 19.5 Å². The van der Waals surface area contributed by atoms with Crippen molar-refractivity contribution in [2.75, 3.05) is 0 Å². The predicted molar refractivity (Wildman–Crippen MR) is 125 cm³/mol. The number of rotatable bonds is 5. The van der Waals surface area contributed by atoms with E-state index in [4.69, 9.17) is 0 Å². The number of imide groups is 2. The first-order valence-electron chi connectivity index (χ1n) is 10.4. The summed E-state index contributed by atoms with van der Waals surface area (Å²) in [5.74, 6) is -1.06. The first-order valence-corrected chi connectivity index (χ1v) is 11.2. The number of imidazole rings is 1. The smallest absolute Gasteiger partial charge is 0.331 e. The Balaban J connectivity index is 1.33. The lowest BCUT2D eigenvalue weighted by Gasteiger charge is -2.27. The van der Waals surface area contributed by atoms with Gasteiger partial charge in [-0.3, -0.25) is 19.8 Å². The molecule has 0 aliphatic carbocycles. The molecule has 1 saturated heterocycles. The molecule has 3 heterocycles. The Labute approximate surface area is 198 Å². The van der Waals surface area contributed by atoms with Crippen LogP contribution >= 0.6 is 11.3 Å². The normalized spacial score (nSPS) is 16.6. The minimum absolute atomic E-state index is 0.0795. The summed E-state index contributed by atoms with van der Waals surface area (Å²) >= 11 is 1.60. The van der Waals surface area contributed by atoms with Crippen molar-refractivity contribution in [3.63, 3.8) is 0 Å². The largest absolute Gasteiger partial charge is 0.337 e. The number of aromatic nitrogens is 3. The van der Waals surface area contributed by atoms with Crippen LogP contribution in [0.15, 0.2) is 65.1 Å². The predicted octanol–water partition coefficient (Wildman–Crippen LogP) is 3.74. The van der Waals surface area contributed by atoms with Gasteiger partial charge in [0.2, 0.25) is 6.04 Å². The maximum absolute atomic E-state index is 12.8. The molecule has 2 aromatic heterocycles. The maximum Gasteiger partial charge on any atom is 0.331 e. The van der Waals surface area contributed by atoms with E-state index < -0.39 is 23.9 Å². The monoisotopic (exact) mass is 473 g/mol. The Kier molecular flexibility index (Phi) is 5.46. The van der Waals surface area contributed by atoms with Crippen LogP contribution in [0.5, 0.6) is 0 Å². The van der Waals surface area contributed by atoms with Crippen molar-refractivity contribution in [1.29, 1.82) is 0 Å². The molecular formula is C23H19N7O3S. The van der Waals surface area contributed by atoms with Crippen molar-refractivity contribution < 1.29 is 14.4 Å². The fraction of sp³-hybridized carbons (Fsp3) is 0.174. The lowest BCUT2D eigenvalue weighted by atomic mass is 10.2. The highest BCUT2D eigenvalue weighted by atomic mass is 32.1. The van der Waals surface area contributed by atoms with Gasteiger partial charge in [-0.2, -0.15) is 10.2 Å². The van der Waals surface area contributed by atoms with Crippen LogP contribution < -0.4 is 5.32 Å². The summed E-state index contributed by atoms with van der Waals surface area (Å²) in [6.07, 6.45) is 3.26. The molecule has 4 aromatic rings. The van der Waals surface area contributed by atoms with Crippen molar-refractivity contribution in [3.05, 3.63) is 66.2 Å². The molecule has 0 saturated carbocycles. The molecule has 1 unspecified atom stereocenters. The highest BCUT2D eigenvalue weighted by Crippen LogP contribution is 2.31. The van der Waals surface area contributed by atoms with E-state index in [2.05, 4.69) is 31.6 Å². The molecule has 170 valence electrons. The van der Waals surface area contributed by atoms with Crippen LogP contribution in [0.25, 0.3) is 20.8 Å². The lowest BCUT2D eigenvalue weighted by Crippen LogP contribution is -2.59. The average molecular weight is 474 g/mol. The zero-order chi connectivity index (χ0) is 23.8. The molecule has 0 spiro atoms. The number of hydrogen-bond donors (Lipinski definition) is 1. The summed E-state index contributed by atoms with van der Waals surface area (Å²) in [5, 5.41) is 11.0. The van der Waals surface area contributed by atoms with Gasteiger partial charge in [-0.1, -0.05) is 6.07 Å². The number of barbiturate groups is 1. The first kappa shape index (κ1) is 21.6. The molecule has 0 radical (unpaired) electrons. The highest BCUT2D eigenvalue weighted by molar-refractivity contribution is 7.21. The van der Waals surface area contributed by atoms with E-state index >= 15 is 0 Å². The molecule has 11 heteroatoms. The SMILES string of the molecule is Cc1ccc2nc(-c3ccc(N=NC4C(=O)NC(=O)N(Cc5nccn5C)C4=O)cc3)sc2c1. The Hall–Kier alpha value is -4.25. The third-order valence-corrected chi connectivity index (χ3v) is 6.46.